The molecule has 0 amide bonds. The third-order valence-corrected chi connectivity index (χ3v) is 12.5. The molecular formula is C62H60N3OPt-. The molecule has 1 N–H and O–H groups in total. The van der Waals surface area contributed by atoms with E-state index in [1.54, 1.807) is 24.4 Å². The van der Waals surface area contributed by atoms with Crippen molar-refractivity contribution in [2.24, 2.45) is 0 Å². The minimum Gasteiger partial charge on any atom is -0.507 e. The van der Waals surface area contributed by atoms with E-state index in [0.717, 1.165) is 62.1 Å². The molecular weight excluding hydrogens is 998 g/mol. The number of hydrogen-bond acceptors (Lipinski definition) is 3. The van der Waals surface area contributed by atoms with Gasteiger partial charge in [-0.1, -0.05) is 201 Å². The number of aryl methyl sites for hydroxylation is 1. The summed E-state index contributed by atoms with van der Waals surface area (Å²) in [4.78, 5) is 10.4. The number of hydrogen-bond donors (Lipinski definition) is 1. The second-order valence-corrected chi connectivity index (χ2v) is 19.2. The standard InChI is InChI=1S/C62H60N3O.Pt/c1-11-40-36-50(29-30-51(40)43-21-16-13-17-22-43)65-56-24-18-23-52(57(56)64-59(65)53-38-49(61(5,6)7)39-54(58(53)66)62(8,9)10)46-33-45(41-19-14-12-15-20-41)34-47(35-46)55-37-44(31-32-63-55)42-25-27-48(28-26-42)60(2,3)4;/h12-34,36-39,66H,11H2,1-10H3;/q-1;/i2D3,3D3,4D3;. The van der Waals surface area contributed by atoms with Gasteiger partial charge in [0.05, 0.1) is 16.6 Å². The smallest absolute Gasteiger partial charge is 0.148 e. The van der Waals surface area contributed by atoms with Gasteiger partial charge >= 0.3 is 0 Å². The molecule has 0 radical (unpaired) electrons. The van der Waals surface area contributed by atoms with Crippen molar-refractivity contribution in [2.75, 3.05) is 0 Å². The zero-order valence-electron chi connectivity index (χ0n) is 47.9. The Bertz CT molecular complexity index is 3530. The van der Waals surface area contributed by atoms with E-state index in [0.29, 0.717) is 39.3 Å². The van der Waals surface area contributed by atoms with Crippen molar-refractivity contribution in [3.8, 4) is 78.6 Å². The summed E-state index contributed by atoms with van der Waals surface area (Å²) >= 11 is 0. The van der Waals surface area contributed by atoms with Gasteiger partial charge in [-0.15, -0.1) is 23.8 Å². The Balaban J connectivity index is 0.00000765. The summed E-state index contributed by atoms with van der Waals surface area (Å²) in [5.74, 6) is 0.770. The predicted molar refractivity (Wildman–Crippen MR) is 277 cm³/mol. The van der Waals surface area contributed by atoms with Crippen LogP contribution < -0.4 is 0 Å². The summed E-state index contributed by atoms with van der Waals surface area (Å²) in [5.41, 5.74) is 10.2. The Hall–Kier alpha value is -6.35. The molecule has 0 aliphatic carbocycles. The van der Waals surface area contributed by atoms with E-state index < -0.39 is 31.4 Å². The first-order valence-corrected chi connectivity index (χ1v) is 22.5. The predicted octanol–water partition coefficient (Wildman–Crippen LogP) is 16.4. The topological polar surface area (TPSA) is 50.9 Å². The first-order chi connectivity index (χ1) is 35.2. The van der Waals surface area contributed by atoms with Gasteiger partial charge in [0.2, 0.25) is 0 Å². The average molecular weight is 1070 g/mol. The molecule has 2 aromatic heterocycles. The number of imidazole rings is 1. The number of phenolic OH excluding ortho intramolecular Hbond substituents is 1. The van der Waals surface area contributed by atoms with Crippen molar-refractivity contribution in [1.82, 2.24) is 14.5 Å². The van der Waals surface area contributed by atoms with E-state index in [4.69, 9.17) is 22.3 Å². The van der Waals surface area contributed by atoms with Crippen LogP contribution in [-0.2, 0) is 43.7 Å². The summed E-state index contributed by atoms with van der Waals surface area (Å²) in [7, 11) is 0. The Morgan fingerprint density at radius 2 is 1.24 bits per heavy atom. The summed E-state index contributed by atoms with van der Waals surface area (Å²) < 4.78 is 76.2. The normalized spacial score (nSPS) is 14.6. The molecule has 0 aliphatic rings. The summed E-state index contributed by atoms with van der Waals surface area (Å²) in [6.45, 7) is 4.90. The molecule has 0 aliphatic heterocycles. The largest absolute Gasteiger partial charge is 0.507 e. The molecule has 0 spiro atoms. The van der Waals surface area contributed by atoms with Crippen LogP contribution in [-0.4, -0.2) is 19.6 Å². The molecule has 9 rings (SSSR count). The molecule has 0 unspecified atom stereocenters. The first kappa shape index (κ1) is 36.7. The van der Waals surface area contributed by atoms with E-state index in [9.17, 15) is 5.11 Å². The van der Waals surface area contributed by atoms with Crippen molar-refractivity contribution >= 4 is 11.0 Å². The van der Waals surface area contributed by atoms with E-state index in [2.05, 4.69) is 126 Å². The fraction of sp³-hybridized carbons (Fsp3) is 0.226. The number of fused-ring (bicyclic) bond motifs is 1. The van der Waals surface area contributed by atoms with Crippen LogP contribution in [0.2, 0.25) is 0 Å². The Morgan fingerprint density at radius 1 is 0.567 bits per heavy atom. The number of rotatable bonds is 8. The quantitative estimate of drug-likeness (QED) is 0.154. The average Bonchev–Trinajstić information content (AvgIpc) is 3.85. The van der Waals surface area contributed by atoms with Crippen LogP contribution in [0.5, 0.6) is 5.75 Å². The van der Waals surface area contributed by atoms with Gasteiger partial charge in [-0.2, -0.15) is 0 Å². The van der Waals surface area contributed by atoms with Crippen LogP contribution in [0.4, 0.5) is 0 Å². The number of pyridine rings is 1. The van der Waals surface area contributed by atoms with E-state index in [1.807, 2.05) is 60.7 Å². The van der Waals surface area contributed by atoms with E-state index >= 15 is 0 Å². The molecule has 0 fully saturated rings. The van der Waals surface area contributed by atoms with Crippen molar-refractivity contribution in [2.45, 2.75) is 91.7 Å². The van der Waals surface area contributed by atoms with Gasteiger partial charge in [0.25, 0.3) is 0 Å². The molecule has 0 bridgehead atoms. The van der Waals surface area contributed by atoms with E-state index in [1.165, 1.54) is 17.7 Å². The third-order valence-electron chi connectivity index (χ3n) is 12.5. The van der Waals surface area contributed by atoms with Crippen LogP contribution in [0, 0.1) is 6.07 Å². The summed E-state index contributed by atoms with van der Waals surface area (Å²) in [6, 6.07) is 54.4. The van der Waals surface area contributed by atoms with Gasteiger partial charge in [-0.3, -0.25) is 9.55 Å². The fourth-order valence-corrected chi connectivity index (χ4v) is 8.80. The van der Waals surface area contributed by atoms with Gasteiger partial charge in [0.15, 0.2) is 0 Å². The molecule has 2 heterocycles. The summed E-state index contributed by atoms with van der Waals surface area (Å²) in [5, 5.41) is 12.5. The molecule has 5 heteroatoms. The van der Waals surface area contributed by atoms with Crippen molar-refractivity contribution in [3.63, 3.8) is 0 Å². The molecule has 0 saturated carbocycles. The maximum Gasteiger partial charge on any atom is 0.148 e. The zero-order chi connectivity index (χ0) is 54.0. The maximum atomic E-state index is 12.5. The molecule has 67 heavy (non-hydrogen) atoms. The Kier molecular flexibility index (Phi) is 10.1. The second kappa shape index (κ2) is 18.4. The maximum absolute atomic E-state index is 12.5. The number of aromatic hydroxyl groups is 1. The number of benzene rings is 7. The van der Waals surface area contributed by atoms with Crippen molar-refractivity contribution in [1.29, 1.82) is 0 Å². The molecule has 4 nitrogen and oxygen atoms in total. The van der Waals surface area contributed by atoms with Gasteiger partial charge in [-0.05, 0) is 97.5 Å². The molecule has 0 saturated heterocycles. The van der Waals surface area contributed by atoms with Gasteiger partial charge < -0.3 is 5.11 Å². The van der Waals surface area contributed by atoms with Crippen LogP contribution in [0.25, 0.3) is 83.9 Å². The number of para-hydroxylation sites is 1. The van der Waals surface area contributed by atoms with Gasteiger partial charge in [-0.25, -0.2) is 4.98 Å². The van der Waals surface area contributed by atoms with Crippen LogP contribution in [0.15, 0.2) is 164 Å². The zero-order valence-corrected chi connectivity index (χ0v) is 41.2. The van der Waals surface area contributed by atoms with Crippen molar-refractivity contribution in [3.05, 3.63) is 192 Å². The van der Waals surface area contributed by atoms with Crippen molar-refractivity contribution < 1.29 is 38.5 Å². The first-order valence-electron chi connectivity index (χ1n) is 27.0. The molecule has 9 aromatic rings. The number of phenols is 1. The Labute approximate surface area is 424 Å². The second-order valence-electron chi connectivity index (χ2n) is 19.2. The third kappa shape index (κ3) is 9.47. The summed E-state index contributed by atoms with van der Waals surface area (Å²) in [6.07, 6.45) is 2.44. The number of nitrogens with zero attached hydrogens (tertiary/aromatic N) is 3. The fourth-order valence-electron chi connectivity index (χ4n) is 8.80. The van der Waals surface area contributed by atoms with Crippen LogP contribution >= 0.6 is 0 Å². The number of aromatic nitrogens is 3. The van der Waals surface area contributed by atoms with Crippen LogP contribution in [0.3, 0.4) is 0 Å². The Morgan fingerprint density at radius 3 is 1.90 bits per heavy atom. The molecule has 0 atom stereocenters. The monoisotopic (exact) mass is 1070 g/mol. The van der Waals surface area contributed by atoms with Gasteiger partial charge in [0, 0.05) is 56.5 Å². The SMILES string of the molecule is [2H]C([2H])([2H])C(c1ccc(-c2ccnc(-c3[c-]c(-c4cccc5c4nc(-c4cc(C(C)(C)C)cc(C(C)(C)C)c4O)n5-c4ccc(-c5ccccc5)c(CC)c4)cc(-c4ccccc4)c3)c2)cc1)(C([2H])([2H])[2H])C([2H])([2H])[2H].[Pt]. The minimum absolute atomic E-state index is 0. The van der Waals surface area contributed by atoms with Crippen LogP contribution in [0.1, 0.15) is 104 Å². The van der Waals surface area contributed by atoms with Gasteiger partial charge in [0.1, 0.15) is 11.6 Å². The minimum atomic E-state index is -3.38. The van der Waals surface area contributed by atoms with E-state index in [-0.39, 0.29) is 37.8 Å². The molecule has 7 aromatic carbocycles. The molecule has 340 valence electrons.